The molecule has 0 fully saturated rings. The molecule has 0 radical (unpaired) electrons. The van der Waals surface area contributed by atoms with E-state index in [1.165, 1.54) is 5.56 Å². The van der Waals surface area contributed by atoms with Crippen molar-refractivity contribution in [3.8, 4) is 0 Å². The van der Waals surface area contributed by atoms with E-state index in [0.717, 1.165) is 52.8 Å². The molecule has 5 nitrogen and oxygen atoms in total. The number of amides is 2. The first-order valence-electron chi connectivity index (χ1n) is 9.22. The van der Waals surface area contributed by atoms with Crippen LogP contribution in [-0.4, -0.2) is 23.3 Å². The van der Waals surface area contributed by atoms with E-state index in [9.17, 15) is 4.79 Å². The van der Waals surface area contributed by atoms with Crippen LogP contribution in [0.5, 0.6) is 0 Å². The van der Waals surface area contributed by atoms with Crippen molar-refractivity contribution in [3.63, 3.8) is 0 Å². The molecule has 27 heavy (non-hydrogen) atoms. The topological polar surface area (TPSA) is 60.5 Å². The standard InChI is InChI=1S/C22H20N4O/c1-14-6-4-7-15-12-13-26(21(14)15)25-22(27)24-19-11-5-10-18-20(19)16-8-2-3-9-17(16)23-18/h2-9,11,23H,10,12-13H2,1H3,(H,25,27). The van der Waals surface area contributed by atoms with Gasteiger partial charge in [-0.1, -0.05) is 42.5 Å². The van der Waals surface area contributed by atoms with Crippen LogP contribution >= 0.6 is 0 Å². The minimum absolute atomic E-state index is 0.344. The summed E-state index contributed by atoms with van der Waals surface area (Å²) in [6.07, 6.45) is 5.73. The Bertz CT molecular complexity index is 1120. The lowest BCUT2D eigenvalue weighted by atomic mass is 9.99. The minimum atomic E-state index is -0.344. The number of nitrogens with one attached hydrogen (secondary N) is 2. The zero-order chi connectivity index (χ0) is 18.4. The third-order valence-electron chi connectivity index (χ3n) is 5.29. The molecule has 134 valence electrons. The highest BCUT2D eigenvalue weighted by Gasteiger charge is 2.23. The van der Waals surface area contributed by atoms with Gasteiger partial charge >= 0.3 is 6.03 Å². The maximum absolute atomic E-state index is 12.7. The number of carbonyl (C=O) groups is 1. The Labute approximate surface area is 157 Å². The molecule has 0 spiro atoms. The molecule has 0 unspecified atom stereocenters. The van der Waals surface area contributed by atoms with Crippen molar-refractivity contribution in [2.75, 3.05) is 11.6 Å². The normalized spacial score (nSPS) is 16.6. The molecule has 2 N–H and O–H groups in total. The number of para-hydroxylation sites is 2. The van der Waals surface area contributed by atoms with E-state index in [1.54, 1.807) is 0 Å². The third kappa shape index (κ3) is 2.63. The summed E-state index contributed by atoms with van der Waals surface area (Å²) in [5.74, 6) is 0. The van der Waals surface area contributed by atoms with Crippen molar-refractivity contribution >= 4 is 28.3 Å². The molecule has 5 rings (SSSR count). The van der Waals surface area contributed by atoms with Crippen LogP contribution in [0.15, 0.2) is 59.6 Å². The summed E-state index contributed by atoms with van der Waals surface area (Å²) in [6.45, 7) is 2.84. The number of benzene rings is 2. The second kappa shape index (κ2) is 6.13. The van der Waals surface area contributed by atoms with Gasteiger partial charge in [-0.25, -0.2) is 10.2 Å². The van der Waals surface area contributed by atoms with Gasteiger partial charge in [0.1, 0.15) is 0 Å². The Kier molecular flexibility index (Phi) is 3.60. The molecule has 0 bridgehead atoms. The van der Waals surface area contributed by atoms with Gasteiger partial charge in [0.05, 0.1) is 11.4 Å². The van der Waals surface area contributed by atoms with Gasteiger partial charge in [-0.05, 0) is 36.6 Å². The summed E-state index contributed by atoms with van der Waals surface area (Å²) >= 11 is 0. The fraction of sp³-hybridized carbons (Fsp3) is 0.182. The smallest absolute Gasteiger partial charge is 0.358 e. The number of hydrogen-bond acceptors (Lipinski definition) is 2. The van der Waals surface area contributed by atoms with E-state index in [1.807, 2.05) is 29.3 Å². The van der Waals surface area contributed by atoms with Gasteiger partial charge in [0.15, 0.2) is 0 Å². The van der Waals surface area contributed by atoms with Crippen LogP contribution in [0.3, 0.4) is 0 Å². The Balaban J connectivity index is 1.46. The molecule has 2 amide bonds. The second-order valence-corrected chi connectivity index (χ2v) is 7.03. The Morgan fingerprint density at radius 1 is 1.19 bits per heavy atom. The van der Waals surface area contributed by atoms with E-state index in [0.29, 0.717) is 5.71 Å². The number of rotatable bonds is 1. The van der Waals surface area contributed by atoms with Crippen LogP contribution in [0.4, 0.5) is 10.5 Å². The van der Waals surface area contributed by atoms with E-state index in [4.69, 9.17) is 0 Å². The van der Waals surface area contributed by atoms with Crippen molar-refractivity contribution in [3.05, 3.63) is 77.0 Å². The molecule has 1 aliphatic heterocycles. The fourth-order valence-electron chi connectivity index (χ4n) is 4.12. The number of urea groups is 1. The number of hydrazine groups is 1. The fourth-order valence-corrected chi connectivity index (χ4v) is 4.12. The number of nitrogens with zero attached hydrogens (tertiary/aromatic N) is 2. The van der Waals surface area contributed by atoms with Gasteiger partial charge in [-0.3, -0.25) is 5.01 Å². The molecule has 0 atom stereocenters. The average Bonchev–Trinajstić information content (AvgIpc) is 3.24. The highest BCUT2D eigenvalue weighted by atomic mass is 16.2. The average molecular weight is 356 g/mol. The van der Waals surface area contributed by atoms with Crippen LogP contribution in [0.1, 0.15) is 22.4 Å². The lowest BCUT2D eigenvalue weighted by molar-refractivity contribution is 0.248. The summed E-state index contributed by atoms with van der Waals surface area (Å²) in [5.41, 5.74) is 10.4. The van der Waals surface area contributed by atoms with Crippen molar-refractivity contribution in [2.24, 2.45) is 4.99 Å². The van der Waals surface area contributed by atoms with Crippen LogP contribution in [0.25, 0.3) is 10.9 Å². The minimum Gasteiger partial charge on any atom is -0.358 e. The largest absolute Gasteiger partial charge is 0.360 e. The molecule has 5 heteroatoms. The van der Waals surface area contributed by atoms with E-state index >= 15 is 0 Å². The van der Waals surface area contributed by atoms with Gasteiger partial charge in [0.2, 0.25) is 0 Å². The summed E-state index contributed by atoms with van der Waals surface area (Å²) < 4.78 is 0. The van der Waals surface area contributed by atoms with Gasteiger partial charge in [-0.2, -0.15) is 4.99 Å². The van der Waals surface area contributed by atoms with Gasteiger partial charge in [0.25, 0.3) is 0 Å². The number of anilines is 1. The van der Waals surface area contributed by atoms with E-state index < -0.39 is 0 Å². The number of aromatic nitrogens is 1. The maximum Gasteiger partial charge on any atom is 0.360 e. The molecule has 0 saturated heterocycles. The Morgan fingerprint density at radius 2 is 2.07 bits per heavy atom. The zero-order valence-electron chi connectivity index (χ0n) is 15.1. The number of aliphatic imine (C=N–C) groups is 1. The van der Waals surface area contributed by atoms with Gasteiger partial charge in [0, 0.05) is 35.1 Å². The van der Waals surface area contributed by atoms with Gasteiger partial charge in [-0.15, -0.1) is 0 Å². The first kappa shape index (κ1) is 15.9. The number of hydrogen-bond donors (Lipinski definition) is 2. The number of H-pyrrole nitrogens is 1. The summed E-state index contributed by atoms with van der Waals surface area (Å²) in [5, 5.41) is 3.02. The zero-order valence-corrected chi connectivity index (χ0v) is 15.1. The molecule has 2 aromatic carbocycles. The predicted molar refractivity (Wildman–Crippen MR) is 108 cm³/mol. The highest BCUT2D eigenvalue weighted by molar-refractivity contribution is 6.20. The lowest BCUT2D eigenvalue weighted by Gasteiger charge is -2.21. The predicted octanol–water partition coefficient (Wildman–Crippen LogP) is 4.07. The van der Waals surface area contributed by atoms with Crippen LogP contribution in [0.2, 0.25) is 0 Å². The third-order valence-corrected chi connectivity index (χ3v) is 5.29. The van der Waals surface area contributed by atoms with Crippen LogP contribution < -0.4 is 10.4 Å². The number of carbonyl (C=O) groups excluding carboxylic acids is 1. The number of aromatic amines is 1. The van der Waals surface area contributed by atoms with Gasteiger partial charge < -0.3 is 4.98 Å². The summed E-state index contributed by atoms with van der Waals surface area (Å²) in [6, 6.07) is 14.0. The van der Waals surface area contributed by atoms with Crippen molar-refractivity contribution < 1.29 is 4.79 Å². The number of fused-ring (bicyclic) bond motifs is 4. The molecular weight excluding hydrogens is 336 g/mol. The van der Waals surface area contributed by atoms with Crippen molar-refractivity contribution in [2.45, 2.75) is 19.8 Å². The lowest BCUT2D eigenvalue weighted by Crippen LogP contribution is -2.40. The van der Waals surface area contributed by atoms with Crippen molar-refractivity contribution in [1.82, 2.24) is 10.4 Å². The van der Waals surface area contributed by atoms with Crippen LogP contribution in [0, 0.1) is 6.92 Å². The first-order chi connectivity index (χ1) is 13.2. The molecule has 0 saturated carbocycles. The quantitative estimate of drug-likeness (QED) is 0.691. The van der Waals surface area contributed by atoms with E-state index in [2.05, 4.69) is 52.7 Å². The molecule has 3 aromatic rings. The Morgan fingerprint density at radius 3 is 3.00 bits per heavy atom. The molecule has 2 heterocycles. The monoisotopic (exact) mass is 356 g/mol. The Hall–Kier alpha value is -3.34. The molecule has 1 aromatic heterocycles. The first-order valence-corrected chi connectivity index (χ1v) is 9.22. The number of allylic oxidation sites excluding steroid dienone is 2. The summed E-state index contributed by atoms with van der Waals surface area (Å²) in [4.78, 5) is 20.5. The summed E-state index contributed by atoms with van der Waals surface area (Å²) in [7, 11) is 0. The highest BCUT2D eigenvalue weighted by Crippen LogP contribution is 2.30. The van der Waals surface area contributed by atoms with Crippen LogP contribution in [-0.2, 0) is 12.8 Å². The molecule has 2 aliphatic rings. The number of aryl methyl sites for hydroxylation is 1. The van der Waals surface area contributed by atoms with E-state index in [-0.39, 0.29) is 6.03 Å². The maximum atomic E-state index is 12.7. The molecule has 1 aliphatic carbocycles. The molecular formula is C22H20N4O. The SMILES string of the molecule is Cc1cccc2c1N(NC(=O)N=C1C=CCc3[nH]c4ccccc4c31)CC2. The van der Waals surface area contributed by atoms with Crippen molar-refractivity contribution in [1.29, 1.82) is 0 Å². The second-order valence-electron chi connectivity index (χ2n) is 7.03.